The Morgan fingerprint density at radius 3 is 2.62 bits per heavy atom. The van der Waals surface area contributed by atoms with Crippen LogP contribution in [0.3, 0.4) is 0 Å². The molecule has 24 heavy (non-hydrogen) atoms. The van der Waals surface area contributed by atoms with Gasteiger partial charge < -0.3 is 9.80 Å². The first-order chi connectivity index (χ1) is 11.5. The number of carbonyl (C=O) groups is 2. The van der Waals surface area contributed by atoms with Crippen LogP contribution in [0.25, 0.3) is 0 Å². The van der Waals surface area contributed by atoms with Gasteiger partial charge in [-0.25, -0.2) is 0 Å². The van der Waals surface area contributed by atoms with Crippen molar-refractivity contribution in [2.45, 2.75) is 26.8 Å². The average Bonchev–Trinajstić information content (AvgIpc) is 3.11. The Kier molecular flexibility index (Phi) is 5.18. The van der Waals surface area contributed by atoms with Crippen molar-refractivity contribution >= 4 is 23.6 Å². The molecule has 4 nitrogen and oxygen atoms in total. The zero-order valence-electron chi connectivity index (χ0n) is 14.7. The van der Waals surface area contributed by atoms with E-state index < -0.39 is 0 Å². The summed E-state index contributed by atoms with van der Waals surface area (Å²) in [6, 6.07) is 8.43. The lowest BCUT2D eigenvalue weighted by atomic mass is 9.87. The monoisotopic (exact) mass is 346 g/mol. The van der Waals surface area contributed by atoms with Crippen LogP contribution in [0.15, 0.2) is 24.3 Å². The fraction of sp³-hybridized carbons (Fsp3) is 0.579. The minimum absolute atomic E-state index is 0.102. The summed E-state index contributed by atoms with van der Waals surface area (Å²) in [7, 11) is 0. The first-order valence-corrected chi connectivity index (χ1v) is 9.86. The Balaban J connectivity index is 1.82. The van der Waals surface area contributed by atoms with Crippen LogP contribution in [-0.2, 0) is 9.59 Å². The molecule has 5 heteroatoms. The molecule has 0 saturated carbocycles. The first kappa shape index (κ1) is 17.3. The average molecular weight is 346 g/mol. The van der Waals surface area contributed by atoms with E-state index in [0.717, 1.165) is 25.4 Å². The first-order valence-electron chi connectivity index (χ1n) is 8.71. The normalized spacial score (nSPS) is 25.9. The Labute approximate surface area is 148 Å². The van der Waals surface area contributed by atoms with Crippen molar-refractivity contribution in [3.8, 4) is 0 Å². The van der Waals surface area contributed by atoms with Gasteiger partial charge in [0.05, 0.1) is 11.8 Å². The Bertz CT molecular complexity index is 634. The van der Waals surface area contributed by atoms with Gasteiger partial charge >= 0.3 is 0 Å². The molecule has 2 amide bonds. The Morgan fingerprint density at radius 1 is 1.21 bits per heavy atom. The molecule has 0 radical (unpaired) electrons. The van der Waals surface area contributed by atoms with Gasteiger partial charge in [-0.2, -0.15) is 11.8 Å². The highest BCUT2D eigenvalue weighted by Crippen LogP contribution is 2.45. The molecule has 2 aliphatic heterocycles. The van der Waals surface area contributed by atoms with Gasteiger partial charge in [-0.1, -0.05) is 31.2 Å². The summed E-state index contributed by atoms with van der Waals surface area (Å²) in [6.45, 7) is 8.18. The number of amides is 2. The van der Waals surface area contributed by atoms with Crippen molar-refractivity contribution in [2.24, 2.45) is 11.8 Å². The maximum absolute atomic E-state index is 12.4. The molecule has 1 aromatic rings. The van der Waals surface area contributed by atoms with Crippen LogP contribution in [-0.4, -0.2) is 52.8 Å². The molecule has 1 aromatic carbocycles. The highest BCUT2D eigenvalue weighted by atomic mass is 32.2. The van der Waals surface area contributed by atoms with Crippen LogP contribution in [0.2, 0.25) is 0 Å². The molecular weight excluding hydrogens is 320 g/mol. The third kappa shape index (κ3) is 3.18. The number of fused-ring (bicyclic) bond motifs is 1. The van der Waals surface area contributed by atoms with E-state index >= 15 is 0 Å². The van der Waals surface area contributed by atoms with Gasteiger partial charge in [-0.05, 0) is 23.8 Å². The van der Waals surface area contributed by atoms with Gasteiger partial charge in [-0.15, -0.1) is 0 Å². The van der Waals surface area contributed by atoms with Gasteiger partial charge in [0.1, 0.15) is 0 Å². The second kappa shape index (κ2) is 7.18. The molecule has 0 bridgehead atoms. The predicted molar refractivity (Wildman–Crippen MR) is 97.9 cm³/mol. The van der Waals surface area contributed by atoms with E-state index in [9.17, 15) is 9.59 Å². The zero-order chi connectivity index (χ0) is 17.3. The van der Waals surface area contributed by atoms with Crippen LogP contribution >= 0.6 is 11.8 Å². The largest absolute Gasteiger partial charge is 0.341 e. The number of aryl methyl sites for hydroxylation is 1. The van der Waals surface area contributed by atoms with Crippen molar-refractivity contribution in [2.75, 3.05) is 31.1 Å². The van der Waals surface area contributed by atoms with Crippen molar-refractivity contribution in [1.29, 1.82) is 0 Å². The fourth-order valence-electron chi connectivity index (χ4n) is 4.17. The van der Waals surface area contributed by atoms with E-state index in [0.29, 0.717) is 17.6 Å². The van der Waals surface area contributed by atoms with Gasteiger partial charge in [0, 0.05) is 38.4 Å². The molecule has 0 aromatic heterocycles. The highest BCUT2D eigenvalue weighted by Gasteiger charge is 2.49. The van der Waals surface area contributed by atoms with E-state index in [1.165, 1.54) is 11.1 Å². The zero-order valence-corrected chi connectivity index (χ0v) is 15.5. The molecule has 3 atom stereocenters. The van der Waals surface area contributed by atoms with E-state index in [2.05, 4.69) is 26.0 Å². The van der Waals surface area contributed by atoms with Gasteiger partial charge in [0.25, 0.3) is 0 Å². The molecule has 0 spiro atoms. The molecule has 0 N–H and O–H groups in total. The lowest BCUT2D eigenvalue weighted by molar-refractivity contribution is -0.130. The molecule has 3 rings (SSSR count). The van der Waals surface area contributed by atoms with Crippen LogP contribution in [0, 0.1) is 18.8 Å². The number of likely N-dealkylation sites (tertiary alicyclic amines) is 2. The van der Waals surface area contributed by atoms with Crippen LogP contribution < -0.4 is 0 Å². The number of nitrogens with zero attached hydrogens (tertiary/aromatic N) is 2. The third-order valence-corrected chi connectivity index (χ3v) is 6.22. The molecule has 2 heterocycles. The van der Waals surface area contributed by atoms with E-state index in [1.807, 2.05) is 21.9 Å². The summed E-state index contributed by atoms with van der Waals surface area (Å²) in [4.78, 5) is 28.6. The quantitative estimate of drug-likeness (QED) is 0.842. The van der Waals surface area contributed by atoms with E-state index in [-0.39, 0.29) is 17.9 Å². The second-order valence-corrected chi connectivity index (χ2v) is 8.11. The Morgan fingerprint density at radius 2 is 1.96 bits per heavy atom. The van der Waals surface area contributed by atoms with E-state index in [1.54, 1.807) is 18.7 Å². The molecule has 2 saturated heterocycles. The molecule has 130 valence electrons. The summed E-state index contributed by atoms with van der Waals surface area (Å²) in [6.07, 6.45) is 0. The molecule has 0 aliphatic carbocycles. The van der Waals surface area contributed by atoms with Gasteiger partial charge in [0.2, 0.25) is 11.8 Å². The smallest absolute Gasteiger partial charge is 0.232 e. The third-order valence-electron chi connectivity index (χ3n) is 5.36. The Hall–Kier alpha value is -1.49. The fourth-order valence-corrected chi connectivity index (χ4v) is 4.73. The molecule has 2 fully saturated rings. The number of hydrogen-bond donors (Lipinski definition) is 0. The lowest BCUT2D eigenvalue weighted by Crippen LogP contribution is -2.37. The van der Waals surface area contributed by atoms with Crippen LogP contribution in [0.5, 0.6) is 0 Å². The number of hydrogen-bond acceptors (Lipinski definition) is 3. The standard InChI is InChI=1S/C19H26N2O2S/c1-4-24-12-18(23)20-9-15-10-21(14(3)22)19(17(15)11-20)16-8-6-5-7-13(16)2/h5-8,15,17,19H,4,9-12H2,1-3H3/t15-,17-,19-/m1/s1. The van der Waals surface area contributed by atoms with Crippen molar-refractivity contribution in [3.63, 3.8) is 0 Å². The minimum Gasteiger partial charge on any atom is -0.341 e. The number of carbonyl (C=O) groups excluding carboxylic acids is 2. The summed E-state index contributed by atoms with van der Waals surface area (Å²) < 4.78 is 0. The van der Waals surface area contributed by atoms with Crippen molar-refractivity contribution < 1.29 is 9.59 Å². The number of thioether (sulfide) groups is 1. The van der Waals surface area contributed by atoms with Crippen LogP contribution in [0.1, 0.15) is 31.0 Å². The van der Waals surface area contributed by atoms with E-state index in [4.69, 9.17) is 0 Å². The maximum atomic E-state index is 12.4. The second-order valence-electron chi connectivity index (χ2n) is 6.83. The van der Waals surface area contributed by atoms with Crippen molar-refractivity contribution in [1.82, 2.24) is 9.80 Å². The summed E-state index contributed by atoms with van der Waals surface area (Å²) in [5.41, 5.74) is 2.46. The highest BCUT2D eigenvalue weighted by molar-refractivity contribution is 7.99. The van der Waals surface area contributed by atoms with Gasteiger partial charge in [0.15, 0.2) is 0 Å². The molecular formula is C19H26N2O2S. The van der Waals surface area contributed by atoms with Crippen molar-refractivity contribution in [3.05, 3.63) is 35.4 Å². The van der Waals surface area contributed by atoms with Gasteiger partial charge in [-0.3, -0.25) is 9.59 Å². The molecule has 2 aliphatic rings. The number of rotatable bonds is 4. The topological polar surface area (TPSA) is 40.6 Å². The summed E-state index contributed by atoms with van der Waals surface area (Å²) in [5.74, 6) is 2.67. The van der Waals surface area contributed by atoms with Crippen LogP contribution in [0.4, 0.5) is 0 Å². The SMILES string of the molecule is CCSCC(=O)N1C[C@@H]2CN(C(C)=O)[C@H](c3ccccc3C)[C@@H]2C1. The summed E-state index contributed by atoms with van der Waals surface area (Å²) >= 11 is 1.68. The number of benzene rings is 1. The summed E-state index contributed by atoms with van der Waals surface area (Å²) in [5, 5.41) is 0. The maximum Gasteiger partial charge on any atom is 0.232 e. The molecule has 0 unspecified atom stereocenters. The lowest BCUT2D eigenvalue weighted by Gasteiger charge is -2.30. The predicted octanol–water partition coefficient (Wildman–Crippen LogP) is 2.73. The minimum atomic E-state index is 0.102.